The van der Waals surface area contributed by atoms with Crippen LogP contribution >= 0.6 is 35.0 Å². The van der Waals surface area contributed by atoms with Crippen LogP contribution in [0.5, 0.6) is 5.75 Å². The molecule has 0 spiro atoms. The van der Waals surface area contributed by atoms with Gasteiger partial charge in [-0.15, -0.1) is 0 Å². The number of nitrogens with zero attached hydrogens (tertiary/aromatic N) is 2. The standard InChI is InChI=1S/C20H18Cl2N2O4S2/c1-28-17-5-3-2-4-12(17)8-19(25)23-20-24(15-9-13(21)6-7-14(15)22)16-10-30(26,27)11-18(16)29-20/h2-7,9,16,18H,8,10-11H2,1H3/t16-,18+/m0/s1. The minimum absolute atomic E-state index is 0.0206. The Morgan fingerprint density at radius 2 is 2.00 bits per heavy atom. The van der Waals surface area contributed by atoms with Crippen LogP contribution in [0.4, 0.5) is 5.69 Å². The highest BCUT2D eigenvalue weighted by atomic mass is 35.5. The van der Waals surface area contributed by atoms with Gasteiger partial charge in [0, 0.05) is 15.8 Å². The van der Waals surface area contributed by atoms with E-state index >= 15 is 0 Å². The summed E-state index contributed by atoms with van der Waals surface area (Å²) in [6.07, 6.45) is 0.0683. The van der Waals surface area contributed by atoms with Gasteiger partial charge in [-0.2, -0.15) is 4.99 Å². The van der Waals surface area contributed by atoms with Gasteiger partial charge < -0.3 is 9.64 Å². The van der Waals surface area contributed by atoms with Crippen molar-refractivity contribution >= 4 is 61.6 Å². The van der Waals surface area contributed by atoms with Crippen molar-refractivity contribution < 1.29 is 17.9 Å². The molecule has 0 aromatic heterocycles. The highest BCUT2D eigenvalue weighted by Gasteiger charge is 2.49. The molecule has 1 amide bonds. The molecule has 10 heteroatoms. The SMILES string of the molecule is COc1ccccc1CC(=O)N=C1S[C@@H]2CS(=O)(=O)C[C@@H]2N1c1cc(Cl)ccc1Cl. The van der Waals surface area contributed by atoms with E-state index in [0.717, 1.165) is 5.56 Å². The third-order valence-electron chi connectivity index (χ3n) is 4.99. The van der Waals surface area contributed by atoms with Crippen molar-refractivity contribution in [2.24, 2.45) is 4.99 Å². The molecule has 2 aliphatic rings. The average molecular weight is 485 g/mol. The third-order valence-corrected chi connectivity index (χ3v) is 8.75. The summed E-state index contributed by atoms with van der Waals surface area (Å²) in [5, 5.41) is 1.09. The average Bonchev–Trinajstić information content (AvgIpc) is 3.15. The monoisotopic (exact) mass is 484 g/mol. The van der Waals surface area contributed by atoms with E-state index in [0.29, 0.717) is 26.6 Å². The van der Waals surface area contributed by atoms with Crippen molar-refractivity contribution in [3.8, 4) is 5.75 Å². The van der Waals surface area contributed by atoms with Crippen LogP contribution in [-0.4, -0.2) is 49.4 Å². The van der Waals surface area contributed by atoms with Gasteiger partial charge in [0.05, 0.1) is 41.8 Å². The summed E-state index contributed by atoms with van der Waals surface area (Å²) in [7, 11) is -1.63. The fraction of sp³-hybridized carbons (Fsp3) is 0.300. The Kier molecular flexibility index (Phi) is 6.03. The molecule has 4 rings (SSSR count). The van der Waals surface area contributed by atoms with Crippen molar-refractivity contribution in [2.75, 3.05) is 23.5 Å². The zero-order chi connectivity index (χ0) is 21.5. The van der Waals surface area contributed by atoms with E-state index in [1.54, 1.807) is 36.3 Å². The van der Waals surface area contributed by atoms with E-state index in [1.165, 1.54) is 11.8 Å². The van der Waals surface area contributed by atoms with E-state index < -0.39 is 9.84 Å². The van der Waals surface area contributed by atoms with Crippen molar-refractivity contribution in [1.29, 1.82) is 0 Å². The van der Waals surface area contributed by atoms with Crippen LogP contribution in [0.3, 0.4) is 0 Å². The molecule has 0 N–H and O–H groups in total. The summed E-state index contributed by atoms with van der Waals surface area (Å²) in [6.45, 7) is 0. The van der Waals surface area contributed by atoms with E-state index in [1.807, 2.05) is 18.2 Å². The van der Waals surface area contributed by atoms with Gasteiger partial charge in [0.2, 0.25) is 0 Å². The predicted octanol–water partition coefficient (Wildman–Crippen LogP) is 3.85. The molecular weight excluding hydrogens is 467 g/mol. The summed E-state index contributed by atoms with van der Waals surface area (Å²) >= 11 is 13.8. The van der Waals surface area contributed by atoms with Gasteiger partial charge in [-0.25, -0.2) is 8.42 Å². The lowest BCUT2D eigenvalue weighted by molar-refractivity contribution is -0.117. The topological polar surface area (TPSA) is 76.0 Å². The summed E-state index contributed by atoms with van der Waals surface area (Å²) in [5.74, 6) is 0.278. The summed E-state index contributed by atoms with van der Waals surface area (Å²) in [4.78, 5) is 18.8. The summed E-state index contributed by atoms with van der Waals surface area (Å²) < 4.78 is 29.7. The molecule has 0 saturated carbocycles. The number of thioether (sulfide) groups is 1. The molecule has 2 aromatic rings. The fourth-order valence-electron chi connectivity index (χ4n) is 3.67. The predicted molar refractivity (Wildman–Crippen MR) is 122 cm³/mol. The second-order valence-corrected chi connectivity index (χ2v) is 11.2. The first-order chi connectivity index (χ1) is 14.3. The largest absolute Gasteiger partial charge is 0.496 e. The van der Waals surface area contributed by atoms with Gasteiger partial charge >= 0.3 is 0 Å². The molecule has 0 aliphatic carbocycles. The lowest BCUT2D eigenvalue weighted by atomic mass is 10.1. The molecule has 158 valence electrons. The van der Waals surface area contributed by atoms with Gasteiger partial charge in [0.15, 0.2) is 15.0 Å². The van der Waals surface area contributed by atoms with Crippen LogP contribution in [0.15, 0.2) is 47.5 Å². The second-order valence-electron chi connectivity index (χ2n) is 7.04. The lowest BCUT2D eigenvalue weighted by Gasteiger charge is -2.25. The number of para-hydroxylation sites is 1. The van der Waals surface area contributed by atoms with Crippen LogP contribution in [-0.2, 0) is 21.1 Å². The number of amidine groups is 1. The van der Waals surface area contributed by atoms with Gasteiger partial charge in [0.25, 0.3) is 5.91 Å². The van der Waals surface area contributed by atoms with Crippen molar-refractivity contribution in [1.82, 2.24) is 0 Å². The summed E-state index contributed by atoms with van der Waals surface area (Å²) in [5.41, 5.74) is 1.28. The Morgan fingerprint density at radius 1 is 1.23 bits per heavy atom. The number of carbonyl (C=O) groups is 1. The molecule has 6 nitrogen and oxygen atoms in total. The number of carbonyl (C=O) groups excluding carboxylic acids is 1. The number of rotatable bonds is 4. The minimum atomic E-state index is -3.17. The molecule has 2 saturated heterocycles. The normalized spacial score (nSPS) is 23.6. The zero-order valence-electron chi connectivity index (χ0n) is 15.9. The Balaban J connectivity index is 1.69. The Hall–Kier alpha value is -1.74. The number of hydrogen-bond acceptors (Lipinski definition) is 5. The number of halogens is 2. The Morgan fingerprint density at radius 3 is 2.77 bits per heavy atom. The fourth-order valence-corrected chi connectivity index (χ4v) is 7.97. The van der Waals surface area contributed by atoms with Gasteiger partial charge in [-0.05, 0) is 24.3 Å². The van der Waals surface area contributed by atoms with Gasteiger partial charge in [-0.3, -0.25) is 4.79 Å². The number of amides is 1. The lowest BCUT2D eigenvalue weighted by Crippen LogP contribution is -2.38. The molecular formula is C20H18Cl2N2O4S2. The van der Waals surface area contributed by atoms with Crippen molar-refractivity contribution in [3.05, 3.63) is 58.1 Å². The smallest absolute Gasteiger partial charge is 0.252 e. The first-order valence-corrected chi connectivity index (χ1v) is 12.6. The molecule has 2 heterocycles. The number of ether oxygens (including phenoxy) is 1. The highest BCUT2D eigenvalue weighted by Crippen LogP contribution is 2.43. The zero-order valence-corrected chi connectivity index (χ0v) is 19.1. The number of hydrogen-bond donors (Lipinski definition) is 0. The molecule has 2 fully saturated rings. The van der Waals surface area contributed by atoms with Crippen LogP contribution in [0, 0.1) is 0 Å². The van der Waals surface area contributed by atoms with Crippen LogP contribution in [0.1, 0.15) is 5.56 Å². The Labute approximate surface area is 189 Å². The van der Waals surface area contributed by atoms with E-state index in [2.05, 4.69) is 4.99 Å². The molecule has 0 bridgehead atoms. The summed E-state index contributed by atoms with van der Waals surface area (Å²) in [6, 6.07) is 11.9. The molecule has 0 unspecified atom stereocenters. The van der Waals surface area contributed by atoms with Crippen LogP contribution in [0.25, 0.3) is 0 Å². The van der Waals surface area contributed by atoms with Crippen LogP contribution in [0.2, 0.25) is 10.0 Å². The molecule has 2 aliphatic heterocycles. The Bertz CT molecular complexity index is 1140. The highest BCUT2D eigenvalue weighted by molar-refractivity contribution is 8.16. The minimum Gasteiger partial charge on any atom is -0.496 e. The third kappa shape index (κ3) is 4.32. The molecule has 2 atom stereocenters. The van der Waals surface area contributed by atoms with Crippen LogP contribution < -0.4 is 9.64 Å². The van der Waals surface area contributed by atoms with E-state index in [-0.39, 0.29) is 35.1 Å². The van der Waals surface area contributed by atoms with Crippen molar-refractivity contribution in [3.63, 3.8) is 0 Å². The van der Waals surface area contributed by atoms with Gasteiger partial charge in [0.1, 0.15) is 5.75 Å². The maximum absolute atomic E-state index is 12.8. The maximum atomic E-state index is 12.8. The molecule has 0 radical (unpaired) electrons. The molecule has 30 heavy (non-hydrogen) atoms. The number of sulfone groups is 1. The number of benzene rings is 2. The van der Waals surface area contributed by atoms with Gasteiger partial charge in [-0.1, -0.05) is 53.2 Å². The molecule has 2 aromatic carbocycles. The number of fused-ring (bicyclic) bond motifs is 1. The van der Waals surface area contributed by atoms with E-state index in [9.17, 15) is 13.2 Å². The number of aliphatic imine (C=N–C) groups is 1. The number of methoxy groups -OCH3 is 1. The second kappa shape index (κ2) is 8.42. The van der Waals surface area contributed by atoms with Crippen molar-refractivity contribution in [2.45, 2.75) is 17.7 Å². The first kappa shape index (κ1) is 21.5. The maximum Gasteiger partial charge on any atom is 0.252 e. The quantitative estimate of drug-likeness (QED) is 0.655. The van der Waals surface area contributed by atoms with E-state index in [4.69, 9.17) is 27.9 Å². The first-order valence-electron chi connectivity index (χ1n) is 9.12. The number of anilines is 1.